The summed E-state index contributed by atoms with van der Waals surface area (Å²) in [4.78, 5) is 7.29. The molecule has 8 aromatic rings. The van der Waals surface area contributed by atoms with Crippen molar-refractivity contribution in [2.45, 2.75) is 74.9 Å². The van der Waals surface area contributed by atoms with Gasteiger partial charge in [0.15, 0.2) is 0 Å². The van der Waals surface area contributed by atoms with Crippen LogP contribution >= 0.6 is 0 Å². The number of benzene rings is 6. The summed E-state index contributed by atoms with van der Waals surface area (Å²) in [6, 6.07) is 31.4. The smallest absolute Gasteiger partial charge is 0.0497 e. The average Bonchev–Trinajstić information content (AvgIpc) is 3.69. The van der Waals surface area contributed by atoms with Crippen molar-refractivity contribution in [1.82, 2.24) is 9.97 Å². The van der Waals surface area contributed by atoms with Crippen molar-refractivity contribution >= 4 is 55.0 Å². The summed E-state index contributed by atoms with van der Waals surface area (Å²) < 4.78 is 0. The number of hydrogen-bond acceptors (Lipinski definition) is 2. The van der Waals surface area contributed by atoms with Crippen LogP contribution in [0.4, 0.5) is 11.4 Å². The van der Waals surface area contributed by atoms with Gasteiger partial charge in [0.1, 0.15) is 0 Å². The molecule has 8 rings (SSSR count). The summed E-state index contributed by atoms with van der Waals surface area (Å²) in [7, 11) is 0. The summed E-state index contributed by atoms with van der Waals surface area (Å²) in [5, 5.41) is 12.9. The van der Waals surface area contributed by atoms with Crippen LogP contribution in [-0.4, -0.2) is 9.97 Å². The molecule has 0 atom stereocenters. The molecule has 0 amide bonds. The highest BCUT2D eigenvalue weighted by atomic mass is 14.9. The SMILES string of the molecule is Cc1cc(Cc2cc(C)c(NCc3cc(C)c4[nH]c5ccccc5c4c3C)c(C)c2)cc(C)c1NCc1cc(C)c2[nH]c3ccccc3c2c1C. The first-order chi connectivity index (χ1) is 24.6. The van der Waals surface area contributed by atoms with Crippen molar-refractivity contribution in [3.63, 3.8) is 0 Å². The molecule has 0 saturated heterocycles. The number of aryl methyl sites for hydroxylation is 8. The minimum Gasteiger partial charge on any atom is -0.381 e. The normalized spacial score (nSPS) is 11.8. The van der Waals surface area contributed by atoms with Crippen LogP contribution in [0.5, 0.6) is 0 Å². The van der Waals surface area contributed by atoms with Gasteiger partial charge in [0, 0.05) is 68.1 Å². The number of anilines is 2. The second kappa shape index (κ2) is 12.7. The highest BCUT2D eigenvalue weighted by Crippen LogP contribution is 2.35. The summed E-state index contributed by atoms with van der Waals surface area (Å²) in [5.41, 5.74) is 23.2. The van der Waals surface area contributed by atoms with Gasteiger partial charge in [-0.2, -0.15) is 0 Å². The molecule has 0 aliphatic rings. The average molecular weight is 669 g/mol. The van der Waals surface area contributed by atoms with E-state index in [9.17, 15) is 0 Å². The van der Waals surface area contributed by atoms with Gasteiger partial charge >= 0.3 is 0 Å². The van der Waals surface area contributed by atoms with Crippen molar-refractivity contribution in [3.05, 3.63) is 152 Å². The van der Waals surface area contributed by atoms with Crippen LogP contribution in [0, 0.1) is 55.4 Å². The summed E-state index contributed by atoms with van der Waals surface area (Å²) in [6.07, 6.45) is 0.912. The van der Waals surface area contributed by atoms with E-state index >= 15 is 0 Å². The van der Waals surface area contributed by atoms with Crippen LogP contribution in [0.3, 0.4) is 0 Å². The van der Waals surface area contributed by atoms with E-state index in [0.29, 0.717) is 0 Å². The Bertz CT molecular complexity index is 2420. The van der Waals surface area contributed by atoms with Crippen LogP contribution in [0.1, 0.15) is 66.8 Å². The van der Waals surface area contributed by atoms with Crippen LogP contribution in [0.2, 0.25) is 0 Å². The Labute approximate surface area is 301 Å². The Morgan fingerprint density at radius 2 is 0.824 bits per heavy atom. The minimum absolute atomic E-state index is 0.796. The van der Waals surface area contributed by atoms with E-state index in [0.717, 1.165) is 19.5 Å². The first-order valence-corrected chi connectivity index (χ1v) is 18.2. The zero-order chi connectivity index (χ0) is 35.6. The molecule has 0 saturated carbocycles. The lowest BCUT2D eigenvalue weighted by molar-refractivity contribution is 1.09. The molecule has 4 N–H and O–H groups in total. The van der Waals surface area contributed by atoms with Gasteiger partial charge in [0.25, 0.3) is 0 Å². The van der Waals surface area contributed by atoms with E-state index in [2.05, 4.69) is 161 Å². The summed E-state index contributed by atoms with van der Waals surface area (Å²) in [5.74, 6) is 0. The molecule has 0 aliphatic carbocycles. The molecule has 4 heteroatoms. The van der Waals surface area contributed by atoms with Gasteiger partial charge in [-0.15, -0.1) is 0 Å². The Morgan fingerprint density at radius 3 is 1.22 bits per heavy atom. The van der Waals surface area contributed by atoms with Crippen LogP contribution in [0.15, 0.2) is 84.9 Å². The number of hydrogen-bond donors (Lipinski definition) is 4. The first kappa shape index (κ1) is 32.7. The van der Waals surface area contributed by atoms with Crippen LogP contribution in [-0.2, 0) is 19.5 Å². The van der Waals surface area contributed by atoms with Crippen molar-refractivity contribution in [2.24, 2.45) is 0 Å². The standard InChI is InChI=1S/C47H48N4/c1-26-17-34(18-27(2)44(26)48-24-36-21-30(5)46-42(32(36)7)38-13-9-11-15-40(38)50-46)23-35-19-28(3)45(29(4)20-35)49-25-37-22-31(6)47-43(33(37)8)39-14-10-12-16-41(39)51-47/h9-22,48-51H,23-25H2,1-8H3. The third kappa shape index (κ3) is 5.73. The first-order valence-electron chi connectivity index (χ1n) is 18.2. The molecule has 2 heterocycles. The van der Waals surface area contributed by atoms with Gasteiger partial charge in [0.2, 0.25) is 0 Å². The fraction of sp³-hybridized carbons (Fsp3) is 0.234. The number of fused-ring (bicyclic) bond motifs is 6. The lowest BCUT2D eigenvalue weighted by atomic mass is 9.95. The number of nitrogens with one attached hydrogen (secondary N) is 4. The van der Waals surface area contributed by atoms with E-state index < -0.39 is 0 Å². The monoisotopic (exact) mass is 668 g/mol. The molecule has 0 aliphatic heterocycles. The van der Waals surface area contributed by atoms with Crippen molar-refractivity contribution in [2.75, 3.05) is 10.6 Å². The quantitative estimate of drug-likeness (QED) is 0.130. The van der Waals surface area contributed by atoms with Crippen molar-refractivity contribution in [3.8, 4) is 0 Å². The Hall–Kier alpha value is -5.48. The van der Waals surface area contributed by atoms with E-state index in [-0.39, 0.29) is 0 Å². The Balaban J connectivity index is 0.989. The van der Waals surface area contributed by atoms with E-state index in [4.69, 9.17) is 0 Å². The Kier molecular flexibility index (Phi) is 8.14. The molecule has 0 unspecified atom stereocenters. The maximum Gasteiger partial charge on any atom is 0.0497 e. The van der Waals surface area contributed by atoms with Crippen molar-refractivity contribution < 1.29 is 0 Å². The maximum absolute atomic E-state index is 3.82. The fourth-order valence-electron chi connectivity index (χ4n) is 8.70. The highest BCUT2D eigenvalue weighted by molar-refractivity contribution is 6.11. The molecular weight excluding hydrogens is 621 g/mol. The summed E-state index contributed by atoms with van der Waals surface area (Å²) >= 11 is 0. The molecule has 0 spiro atoms. The summed E-state index contributed by atoms with van der Waals surface area (Å²) in [6.45, 7) is 19.5. The van der Waals surface area contributed by atoms with Gasteiger partial charge in [-0.25, -0.2) is 0 Å². The number of aromatic amines is 2. The van der Waals surface area contributed by atoms with Crippen LogP contribution in [0.25, 0.3) is 43.6 Å². The molecule has 6 aromatic carbocycles. The number of rotatable bonds is 8. The second-order valence-electron chi connectivity index (χ2n) is 14.9. The van der Waals surface area contributed by atoms with E-state index in [1.54, 1.807) is 0 Å². The number of aromatic nitrogens is 2. The van der Waals surface area contributed by atoms with E-state index in [1.807, 2.05) is 0 Å². The Morgan fingerprint density at radius 1 is 0.451 bits per heavy atom. The van der Waals surface area contributed by atoms with Gasteiger partial charge in [-0.3, -0.25) is 0 Å². The second-order valence-corrected chi connectivity index (χ2v) is 14.9. The van der Waals surface area contributed by atoms with E-state index in [1.165, 1.54) is 122 Å². The molecule has 0 bridgehead atoms. The molecule has 2 aromatic heterocycles. The highest BCUT2D eigenvalue weighted by Gasteiger charge is 2.16. The zero-order valence-electron chi connectivity index (χ0n) is 31.2. The van der Waals surface area contributed by atoms with Gasteiger partial charge in [0.05, 0.1) is 0 Å². The minimum atomic E-state index is 0.796. The predicted octanol–water partition coefficient (Wildman–Crippen LogP) is 12.2. The van der Waals surface area contributed by atoms with Crippen molar-refractivity contribution in [1.29, 1.82) is 0 Å². The van der Waals surface area contributed by atoms with Crippen LogP contribution < -0.4 is 10.6 Å². The topological polar surface area (TPSA) is 55.6 Å². The molecule has 256 valence electrons. The molecular formula is C47H48N4. The maximum atomic E-state index is 3.82. The third-order valence-corrected chi connectivity index (χ3v) is 11.2. The third-order valence-electron chi connectivity index (χ3n) is 11.2. The predicted molar refractivity (Wildman–Crippen MR) is 220 cm³/mol. The van der Waals surface area contributed by atoms with Gasteiger partial charge < -0.3 is 20.6 Å². The number of para-hydroxylation sites is 2. The van der Waals surface area contributed by atoms with Gasteiger partial charge in [-0.1, -0.05) is 72.8 Å². The van der Waals surface area contributed by atoms with Gasteiger partial charge in [-0.05, 0) is 141 Å². The molecule has 0 radical (unpaired) electrons. The lowest BCUT2D eigenvalue weighted by Gasteiger charge is -2.18. The fourth-order valence-corrected chi connectivity index (χ4v) is 8.70. The lowest BCUT2D eigenvalue weighted by Crippen LogP contribution is -2.07. The molecule has 51 heavy (non-hydrogen) atoms. The molecule has 0 fully saturated rings. The number of H-pyrrole nitrogens is 2. The largest absolute Gasteiger partial charge is 0.381 e. The molecule has 4 nitrogen and oxygen atoms in total. The zero-order valence-corrected chi connectivity index (χ0v) is 31.2.